The van der Waals surface area contributed by atoms with E-state index in [0.29, 0.717) is 18.0 Å². The highest BCUT2D eigenvalue weighted by Crippen LogP contribution is 2.30. The van der Waals surface area contributed by atoms with Crippen LogP contribution in [0.3, 0.4) is 0 Å². The van der Waals surface area contributed by atoms with Crippen LogP contribution in [0.4, 0.5) is 11.8 Å². The smallest absolute Gasteiger partial charge is 0.239 e. The minimum Gasteiger partial charge on any atom is -0.351 e. The maximum atomic E-state index is 5.33. The van der Waals surface area contributed by atoms with Crippen LogP contribution in [0.15, 0.2) is 12.3 Å². The predicted octanol–water partition coefficient (Wildman–Crippen LogP) is 1.53. The van der Waals surface area contributed by atoms with Crippen molar-refractivity contribution in [1.82, 2.24) is 9.97 Å². The molecule has 2 unspecified atom stereocenters. The molecule has 0 radical (unpaired) electrons. The van der Waals surface area contributed by atoms with E-state index in [1.807, 2.05) is 6.07 Å². The van der Waals surface area contributed by atoms with Crippen LogP contribution in [0.25, 0.3) is 0 Å². The van der Waals surface area contributed by atoms with Gasteiger partial charge in [0.25, 0.3) is 0 Å². The largest absolute Gasteiger partial charge is 0.351 e. The number of nitrogen functional groups attached to an aromatic ring is 1. The van der Waals surface area contributed by atoms with Gasteiger partial charge in [0.1, 0.15) is 5.82 Å². The average Bonchev–Trinajstić information content (AvgIpc) is 2.70. The van der Waals surface area contributed by atoms with Crippen molar-refractivity contribution in [3.05, 3.63) is 12.3 Å². The van der Waals surface area contributed by atoms with Crippen molar-refractivity contribution in [2.45, 2.75) is 45.2 Å². The molecule has 2 atom stereocenters. The van der Waals surface area contributed by atoms with Gasteiger partial charge in [-0.1, -0.05) is 6.92 Å². The summed E-state index contributed by atoms with van der Waals surface area (Å²) in [6.07, 6.45) is 5.37. The lowest BCUT2D eigenvalue weighted by Gasteiger charge is -2.29. The monoisotopic (exact) mass is 221 g/mol. The van der Waals surface area contributed by atoms with E-state index in [9.17, 15) is 0 Å². The highest BCUT2D eigenvalue weighted by Gasteiger charge is 2.30. The predicted molar refractivity (Wildman–Crippen MR) is 65.1 cm³/mol. The molecule has 0 aliphatic carbocycles. The molecule has 1 fully saturated rings. The van der Waals surface area contributed by atoms with Gasteiger partial charge in [0.2, 0.25) is 5.95 Å². The fourth-order valence-electron chi connectivity index (χ4n) is 2.45. The highest BCUT2D eigenvalue weighted by atomic mass is 15.3. The molecular weight excluding hydrogens is 202 g/mol. The summed E-state index contributed by atoms with van der Waals surface area (Å²) in [6.45, 7) is 4.46. The molecule has 5 nitrogen and oxygen atoms in total. The molecule has 0 saturated carbocycles. The summed E-state index contributed by atoms with van der Waals surface area (Å²) >= 11 is 0. The van der Waals surface area contributed by atoms with E-state index in [-0.39, 0.29) is 0 Å². The van der Waals surface area contributed by atoms with Gasteiger partial charge in [-0.15, -0.1) is 0 Å². The lowest BCUT2D eigenvalue weighted by molar-refractivity contribution is 0.621. The molecule has 2 rings (SSSR count). The Morgan fingerprint density at radius 2 is 2.38 bits per heavy atom. The van der Waals surface area contributed by atoms with E-state index < -0.39 is 0 Å². The van der Waals surface area contributed by atoms with Crippen LogP contribution in [-0.2, 0) is 0 Å². The van der Waals surface area contributed by atoms with Crippen molar-refractivity contribution in [2.24, 2.45) is 5.84 Å². The third-order valence-corrected chi connectivity index (χ3v) is 3.29. The fourth-order valence-corrected chi connectivity index (χ4v) is 2.45. The third-order valence-electron chi connectivity index (χ3n) is 3.29. The summed E-state index contributed by atoms with van der Waals surface area (Å²) in [5, 5.41) is 0. The molecule has 2 heterocycles. The van der Waals surface area contributed by atoms with Crippen LogP contribution in [0.5, 0.6) is 0 Å². The molecule has 0 amide bonds. The second-order valence-corrected chi connectivity index (χ2v) is 4.28. The van der Waals surface area contributed by atoms with Gasteiger partial charge in [0, 0.05) is 18.3 Å². The molecule has 5 heteroatoms. The number of rotatable bonds is 3. The number of hydrogen-bond donors (Lipinski definition) is 2. The van der Waals surface area contributed by atoms with Gasteiger partial charge in [-0.3, -0.25) is 5.43 Å². The molecule has 0 bridgehead atoms. The standard InChI is InChI=1S/C11H19N5/c1-3-9-5-4-8(2)16(9)10-6-7-13-11(14-10)15-12/h6-9H,3-5,12H2,1-2H3,(H,13,14,15). The zero-order valence-electron chi connectivity index (χ0n) is 9.85. The Labute approximate surface area is 96.0 Å². The Hall–Kier alpha value is -1.36. The van der Waals surface area contributed by atoms with Crippen LogP contribution in [0.1, 0.15) is 33.1 Å². The van der Waals surface area contributed by atoms with Crippen LogP contribution >= 0.6 is 0 Å². The van der Waals surface area contributed by atoms with Crippen molar-refractivity contribution in [3.8, 4) is 0 Å². The molecule has 1 aliphatic rings. The fraction of sp³-hybridized carbons (Fsp3) is 0.636. The molecule has 0 aromatic carbocycles. The normalized spacial score (nSPS) is 24.8. The minimum atomic E-state index is 0.478. The Balaban J connectivity index is 2.27. The second kappa shape index (κ2) is 4.65. The van der Waals surface area contributed by atoms with Gasteiger partial charge < -0.3 is 4.90 Å². The molecule has 3 N–H and O–H groups in total. The SMILES string of the molecule is CCC1CCC(C)N1c1ccnc(NN)n1. The van der Waals surface area contributed by atoms with E-state index >= 15 is 0 Å². The summed E-state index contributed by atoms with van der Waals surface area (Å²) in [7, 11) is 0. The Kier molecular flexibility index (Phi) is 3.24. The van der Waals surface area contributed by atoms with Gasteiger partial charge in [0.15, 0.2) is 0 Å². The molecule has 16 heavy (non-hydrogen) atoms. The van der Waals surface area contributed by atoms with Crippen molar-refractivity contribution in [1.29, 1.82) is 0 Å². The third kappa shape index (κ3) is 1.95. The van der Waals surface area contributed by atoms with Crippen LogP contribution in [0.2, 0.25) is 0 Å². The van der Waals surface area contributed by atoms with Crippen molar-refractivity contribution in [3.63, 3.8) is 0 Å². The quantitative estimate of drug-likeness (QED) is 0.598. The summed E-state index contributed by atoms with van der Waals surface area (Å²) in [6, 6.07) is 3.09. The minimum absolute atomic E-state index is 0.478. The van der Waals surface area contributed by atoms with Crippen molar-refractivity contribution < 1.29 is 0 Å². The Bertz CT molecular complexity index is 354. The van der Waals surface area contributed by atoms with Crippen molar-refractivity contribution >= 4 is 11.8 Å². The lowest BCUT2D eigenvalue weighted by Crippen LogP contribution is -2.35. The molecule has 1 aliphatic heterocycles. The first-order valence-corrected chi connectivity index (χ1v) is 5.84. The van der Waals surface area contributed by atoms with Gasteiger partial charge in [-0.2, -0.15) is 4.98 Å². The maximum Gasteiger partial charge on any atom is 0.239 e. The van der Waals surface area contributed by atoms with E-state index in [0.717, 1.165) is 12.2 Å². The van der Waals surface area contributed by atoms with Gasteiger partial charge in [-0.05, 0) is 32.3 Å². The topological polar surface area (TPSA) is 67.1 Å². The number of hydrazine groups is 1. The second-order valence-electron chi connectivity index (χ2n) is 4.28. The molecule has 88 valence electrons. The van der Waals surface area contributed by atoms with Crippen LogP contribution in [-0.4, -0.2) is 22.1 Å². The summed E-state index contributed by atoms with van der Waals surface area (Å²) in [4.78, 5) is 10.8. The summed E-state index contributed by atoms with van der Waals surface area (Å²) < 4.78 is 0. The van der Waals surface area contributed by atoms with Gasteiger partial charge in [0.05, 0.1) is 0 Å². The van der Waals surface area contributed by atoms with E-state index in [1.54, 1.807) is 6.20 Å². The highest BCUT2D eigenvalue weighted by molar-refractivity contribution is 5.45. The zero-order valence-corrected chi connectivity index (χ0v) is 9.85. The lowest BCUT2D eigenvalue weighted by atomic mass is 10.1. The number of anilines is 2. The molecule has 0 spiro atoms. The number of nitrogens with one attached hydrogen (secondary N) is 1. The first-order valence-electron chi connectivity index (χ1n) is 5.84. The van der Waals surface area contributed by atoms with E-state index in [2.05, 4.69) is 34.1 Å². The Morgan fingerprint density at radius 1 is 1.56 bits per heavy atom. The number of nitrogens with two attached hydrogens (primary N) is 1. The van der Waals surface area contributed by atoms with Crippen LogP contribution < -0.4 is 16.2 Å². The van der Waals surface area contributed by atoms with Gasteiger partial charge >= 0.3 is 0 Å². The zero-order chi connectivity index (χ0) is 11.5. The average molecular weight is 221 g/mol. The van der Waals surface area contributed by atoms with E-state index in [4.69, 9.17) is 5.84 Å². The van der Waals surface area contributed by atoms with Gasteiger partial charge in [-0.25, -0.2) is 10.8 Å². The molecule has 1 aromatic heterocycles. The Morgan fingerprint density at radius 3 is 3.06 bits per heavy atom. The molecular formula is C11H19N5. The summed E-state index contributed by atoms with van der Waals surface area (Å²) in [5.74, 6) is 6.78. The summed E-state index contributed by atoms with van der Waals surface area (Å²) in [5.41, 5.74) is 2.49. The first-order chi connectivity index (χ1) is 7.76. The van der Waals surface area contributed by atoms with E-state index in [1.165, 1.54) is 12.8 Å². The maximum absolute atomic E-state index is 5.33. The van der Waals surface area contributed by atoms with Crippen molar-refractivity contribution in [2.75, 3.05) is 10.3 Å². The first kappa shape index (κ1) is 11.1. The number of aromatic nitrogens is 2. The number of hydrogen-bond acceptors (Lipinski definition) is 5. The van der Waals surface area contributed by atoms with Crippen LogP contribution in [0, 0.1) is 0 Å². The molecule has 1 saturated heterocycles. The molecule has 1 aromatic rings. The number of nitrogens with zero attached hydrogens (tertiary/aromatic N) is 3.